The third-order valence-corrected chi connectivity index (χ3v) is 2.29. The molecule has 2 rings (SSSR count). The first-order valence-corrected chi connectivity index (χ1v) is 4.39. The van der Waals surface area contributed by atoms with Crippen LogP contribution in [0.2, 0.25) is 0 Å². The minimum absolute atomic E-state index is 0.182. The topological polar surface area (TPSA) is 106 Å². The molecule has 0 saturated carbocycles. The van der Waals surface area contributed by atoms with Gasteiger partial charge >= 0.3 is 6.09 Å². The van der Waals surface area contributed by atoms with Gasteiger partial charge in [0, 0.05) is 5.39 Å². The quantitative estimate of drug-likeness (QED) is 0.665. The minimum Gasteiger partial charge on any atom is -0.493 e. The van der Waals surface area contributed by atoms with Gasteiger partial charge in [0.2, 0.25) is 5.88 Å². The largest absolute Gasteiger partial charge is 0.493 e. The summed E-state index contributed by atoms with van der Waals surface area (Å²) in [7, 11) is 0. The molecule has 16 heavy (non-hydrogen) atoms. The standard InChI is InChI=1S/C10H8N2O4/c11-8(13)7-5-3-1-2-4-6(5)12(9(7)14)10(15)16/h1-4,14H,(H2,11,13)(H,15,16). The molecule has 0 saturated heterocycles. The number of benzene rings is 1. The number of hydrogen-bond acceptors (Lipinski definition) is 3. The highest BCUT2D eigenvalue weighted by atomic mass is 16.4. The number of rotatable bonds is 1. The minimum atomic E-state index is -1.37. The van der Waals surface area contributed by atoms with E-state index in [4.69, 9.17) is 10.8 Å². The van der Waals surface area contributed by atoms with E-state index in [0.717, 1.165) is 0 Å². The number of hydrogen-bond donors (Lipinski definition) is 3. The first kappa shape index (κ1) is 10.0. The van der Waals surface area contributed by atoms with E-state index in [9.17, 15) is 14.7 Å². The second kappa shape index (κ2) is 3.27. The summed E-state index contributed by atoms with van der Waals surface area (Å²) in [6.07, 6.45) is -1.37. The molecule has 0 spiro atoms. The van der Waals surface area contributed by atoms with E-state index in [2.05, 4.69) is 0 Å². The van der Waals surface area contributed by atoms with Crippen LogP contribution in [0.4, 0.5) is 4.79 Å². The molecule has 6 heteroatoms. The van der Waals surface area contributed by atoms with Gasteiger partial charge in [0.05, 0.1) is 5.52 Å². The highest BCUT2D eigenvalue weighted by molar-refractivity contribution is 6.11. The number of amides is 1. The van der Waals surface area contributed by atoms with E-state index >= 15 is 0 Å². The van der Waals surface area contributed by atoms with Gasteiger partial charge in [0.15, 0.2) is 0 Å². The van der Waals surface area contributed by atoms with Crippen molar-refractivity contribution in [1.82, 2.24) is 4.57 Å². The van der Waals surface area contributed by atoms with Crippen molar-refractivity contribution in [2.75, 3.05) is 0 Å². The summed E-state index contributed by atoms with van der Waals surface area (Å²) < 4.78 is 0.620. The number of aromatic hydroxyl groups is 1. The number of fused-ring (bicyclic) bond motifs is 1. The fraction of sp³-hybridized carbons (Fsp3) is 0. The Morgan fingerprint density at radius 3 is 2.44 bits per heavy atom. The van der Waals surface area contributed by atoms with Gasteiger partial charge in [0.1, 0.15) is 5.56 Å². The van der Waals surface area contributed by atoms with Gasteiger partial charge in [-0.1, -0.05) is 18.2 Å². The Labute approximate surface area is 89.5 Å². The Morgan fingerprint density at radius 1 is 1.25 bits per heavy atom. The van der Waals surface area contributed by atoms with E-state index in [1.807, 2.05) is 0 Å². The van der Waals surface area contributed by atoms with E-state index in [1.165, 1.54) is 12.1 Å². The predicted octanol–water partition coefficient (Wildman–Crippen LogP) is 0.972. The number of carboxylic acid groups (broad SMARTS) is 1. The van der Waals surface area contributed by atoms with Gasteiger partial charge in [-0.25, -0.2) is 9.36 Å². The van der Waals surface area contributed by atoms with Crippen molar-refractivity contribution >= 4 is 22.9 Å². The third-order valence-electron chi connectivity index (χ3n) is 2.29. The Bertz CT molecular complexity index is 549. The Morgan fingerprint density at radius 2 is 1.88 bits per heavy atom. The average molecular weight is 220 g/mol. The summed E-state index contributed by atoms with van der Waals surface area (Å²) in [4.78, 5) is 22.1. The second-order valence-corrected chi connectivity index (χ2v) is 3.20. The Kier molecular flexibility index (Phi) is 2.05. The molecule has 1 amide bonds. The normalized spacial score (nSPS) is 10.5. The number of carbonyl (C=O) groups is 2. The predicted molar refractivity (Wildman–Crippen MR) is 55.5 cm³/mol. The number of nitrogens with zero attached hydrogens (tertiary/aromatic N) is 1. The fourth-order valence-electron chi connectivity index (χ4n) is 1.66. The van der Waals surface area contributed by atoms with Gasteiger partial charge in [-0.05, 0) is 6.07 Å². The highest BCUT2D eigenvalue weighted by Crippen LogP contribution is 2.30. The Balaban J connectivity index is 2.97. The fourth-order valence-corrected chi connectivity index (χ4v) is 1.66. The second-order valence-electron chi connectivity index (χ2n) is 3.20. The number of para-hydroxylation sites is 1. The SMILES string of the molecule is NC(=O)c1c(O)n(C(=O)O)c2ccccc12. The Hall–Kier alpha value is -2.50. The van der Waals surface area contributed by atoms with Crippen LogP contribution < -0.4 is 5.73 Å². The van der Waals surface area contributed by atoms with Crippen molar-refractivity contribution in [3.8, 4) is 5.88 Å². The van der Waals surface area contributed by atoms with Crippen LogP contribution in [0, 0.1) is 0 Å². The van der Waals surface area contributed by atoms with Crippen molar-refractivity contribution in [2.24, 2.45) is 5.73 Å². The monoisotopic (exact) mass is 220 g/mol. The van der Waals surface area contributed by atoms with Crippen LogP contribution in [0.1, 0.15) is 10.4 Å². The van der Waals surface area contributed by atoms with Crippen LogP contribution in [0.25, 0.3) is 10.9 Å². The molecule has 0 fully saturated rings. The summed E-state index contributed by atoms with van der Waals surface area (Å²) in [5.74, 6) is -1.52. The molecule has 0 aliphatic rings. The highest BCUT2D eigenvalue weighted by Gasteiger charge is 2.23. The number of aromatic nitrogens is 1. The molecule has 1 heterocycles. The summed E-state index contributed by atoms with van der Waals surface area (Å²) in [5.41, 5.74) is 5.13. The lowest BCUT2D eigenvalue weighted by Crippen LogP contribution is -2.12. The maximum absolute atomic E-state index is 11.1. The summed E-state index contributed by atoms with van der Waals surface area (Å²) in [6.45, 7) is 0. The van der Waals surface area contributed by atoms with Crippen LogP contribution in [0.3, 0.4) is 0 Å². The van der Waals surface area contributed by atoms with E-state index in [-0.39, 0.29) is 11.1 Å². The molecule has 0 bridgehead atoms. The van der Waals surface area contributed by atoms with Gasteiger partial charge in [0.25, 0.3) is 5.91 Å². The van der Waals surface area contributed by atoms with Gasteiger partial charge in [-0.3, -0.25) is 4.79 Å². The van der Waals surface area contributed by atoms with Crippen molar-refractivity contribution in [2.45, 2.75) is 0 Å². The van der Waals surface area contributed by atoms with E-state index in [0.29, 0.717) is 9.95 Å². The van der Waals surface area contributed by atoms with E-state index in [1.54, 1.807) is 12.1 Å². The molecule has 0 radical (unpaired) electrons. The van der Waals surface area contributed by atoms with Crippen LogP contribution in [-0.4, -0.2) is 26.8 Å². The average Bonchev–Trinajstić information content (AvgIpc) is 2.49. The first-order valence-electron chi connectivity index (χ1n) is 4.39. The lowest BCUT2D eigenvalue weighted by Gasteiger charge is -1.98. The number of nitrogens with two attached hydrogens (primary N) is 1. The maximum atomic E-state index is 11.1. The molecule has 1 aromatic heterocycles. The molecule has 2 aromatic rings. The molecular formula is C10H8N2O4. The third kappa shape index (κ3) is 1.20. The lowest BCUT2D eigenvalue weighted by molar-refractivity contribution is 0.0999. The van der Waals surface area contributed by atoms with Gasteiger partial charge in [-0.2, -0.15) is 0 Å². The lowest BCUT2D eigenvalue weighted by atomic mass is 10.1. The summed E-state index contributed by atoms with van der Waals surface area (Å²) in [6, 6.07) is 6.23. The van der Waals surface area contributed by atoms with Crippen LogP contribution in [0.15, 0.2) is 24.3 Å². The summed E-state index contributed by atoms with van der Waals surface area (Å²) >= 11 is 0. The van der Waals surface area contributed by atoms with E-state index < -0.39 is 17.9 Å². The zero-order valence-corrected chi connectivity index (χ0v) is 8.04. The van der Waals surface area contributed by atoms with Crippen LogP contribution in [0.5, 0.6) is 5.88 Å². The number of primary amides is 1. The molecule has 0 unspecified atom stereocenters. The molecule has 0 aliphatic carbocycles. The smallest absolute Gasteiger partial charge is 0.418 e. The van der Waals surface area contributed by atoms with Gasteiger partial charge in [-0.15, -0.1) is 0 Å². The van der Waals surface area contributed by atoms with Crippen LogP contribution in [-0.2, 0) is 0 Å². The van der Waals surface area contributed by atoms with Gasteiger partial charge < -0.3 is 15.9 Å². The van der Waals surface area contributed by atoms with Crippen molar-refractivity contribution in [3.63, 3.8) is 0 Å². The van der Waals surface area contributed by atoms with Crippen molar-refractivity contribution in [1.29, 1.82) is 0 Å². The van der Waals surface area contributed by atoms with Crippen LogP contribution >= 0.6 is 0 Å². The molecule has 82 valence electrons. The molecule has 6 nitrogen and oxygen atoms in total. The zero-order valence-electron chi connectivity index (χ0n) is 8.04. The molecule has 0 atom stereocenters. The van der Waals surface area contributed by atoms with Crippen molar-refractivity contribution < 1.29 is 19.8 Å². The first-order chi connectivity index (χ1) is 7.54. The molecule has 1 aromatic carbocycles. The zero-order chi connectivity index (χ0) is 11.9. The maximum Gasteiger partial charge on any atom is 0.418 e. The molecule has 4 N–H and O–H groups in total. The summed E-state index contributed by atoms with van der Waals surface area (Å²) in [5, 5.41) is 18.9. The number of carbonyl (C=O) groups excluding carboxylic acids is 1. The van der Waals surface area contributed by atoms with Crippen molar-refractivity contribution in [3.05, 3.63) is 29.8 Å². The molecule has 0 aliphatic heterocycles. The molecular weight excluding hydrogens is 212 g/mol.